The van der Waals surface area contributed by atoms with Gasteiger partial charge < -0.3 is 29.0 Å². The molecule has 0 heterocycles. The molecule has 0 amide bonds. The Kier molecular flexibility index (Phi) is 14.2. The number of methoxy groups -OCH3 is 4. The molecule has 2 N–H and O–H groups in total. The van der Waals surface area contributed by atoms with Crippen molar-refractivity contribution in [2.24, 2.45) is 0 Å². The van der Waals surface area contributed by atoms with Gasteiger partial charge in [0.25, 0.3) is 0 Å². The van der Waals surface area contributed by atoms with Gasteiger partial charge in [-0.2, -0.15) is 0 Å². The van der Waals surface area contributed by atoms with E-state index in [4.69, 9.17) is 29.0 Å². The third-order valence-corrected chi connectivity index (χ3v) is 8.42. The molecule has 0 saturated heterocycles. The molecule has 40 heavy (non-hydrogen) atoms. The van der Waals surface area contributed by atoms with Crippen LogP contribution in [0.5, 0.6) is 23.0 Å². The second-order valence-corrected chi connectivity index (χ2v) is 10.5. The van der Waals surface area contributed by atoms with E-state index in [0.717, 1.165) is 4.47 Å². The largest absolute Gasteiger partial charge is 0.497 e. The van der Waals surface area contributed by atoms with E-state index >= 15 is 0 Å². The van der Waals surface area contributed by atoms with Crippen molar-refractivity contribution in [2.75, 3.05) is 28.4 Å². The summed E-state index contributed by atoms with van der Waals surface area (Å²) in [6.07, 6.45) is 0. The molecule has 212 valence electrons. The number of benzene rings is 4. The van der Waals surface area contributed by atoms with Gasteiger partial charge in [0.05, 0.1) is 32.0 Å². The van der Waals surface area contributed by atoms with Crippen LogP contribution in [0.25, 0.3) is 11.1 Å². The molecule has 0 bridgehead atoms. The van der Waals surface area contributed by atoms with Crippen LogP contribution in [0, 0.1) is 15.2 Å². The van der Waals surface area contributed by atoms with Crippen LogP contribution in [0.4, 0.5) is 8.78 Å². The van der Waals surface area contributed by atoms with Gasteiger partial charge in [0.1, 0.15) is 34.6 Å². The molecule has 0 spiro atoms. The number of rotatable bonds is 6. The van der Waals surface area contributed by atoms with Gasteiger partial charge in [-0.25, -0.2) is 8.78 Å². The summed E-state index contributed by atoms with van der Waals surface area (Å²) in [5.74, 6) is 1.75. The van der Waals surface area contributed by atoms with E-state index < -0.39 is 7.12 Å². The summed E-state index contributed by atoms with van der Waals surface area (Å²) < 4.78 is 48.9. The second-order valence-electron chi connectivity index (χ2n) is 7.68. The number of hydrogen-bond donors (Lipinski definition) is 2. The first-order valence-corrected chi connectivity index (χ1v) is 14.1. The maximum absolute atomic E-state index is 14.0. The van der Waals surface area contributed by atoms with Crippen molar-refractivity contribution in [2.45, 2.75) is 0 Å². The van der Waals surface area contributed by atoms with Crippen LogP contribution in [-0.2, 0) is 0 Å². The van der Waals surface area contributed by atoms with Gasteiger partial charge >= 0.3 is 7.12 Å². The minimum Gasteiger partial charge on any atom is -0.497 e. The Morgan fingerprint density at radius 1 is 0.675 bits per heavy atom. The normalized spacial score (nSPS) is 9.88. The molecule has 0 radical (unpaired) electrons. The number of ether oxygens (including phenoxy) is 4. The van der Waals surface area contributed by atoms with E-state index in [9.17, 15) is 8.78 Å². The Morgan fingerprint density at radius 2 is 1.20 bits per heavy atom. The quantitative estimate of drug-likeness (QED) is 0.127. The SMILES string of the molecule is COc1ccc(OC)c(-c2c(F)cccc2Br)c1.COc1ccc(OC)c(B(O)O)c1.Fc1cccc(Br)c1I. The highest BCUT2D eigenvalue weighted by Gasteiger charge is 2.17. The molecule has 0 fully saturated rings. The molecule has 4 rings (SSSR count). The molecule has 0 saturated carbocycles. The predicted octanol–water partition coefficient (Wildman–Crippen LogP) is 6.85. The predicted molar refractivity (Wildman–Crippen MR) is 169 cm³/mol. The minimum atomic E-state index is -1.55. The summed E-state index contributed by atoms with van der Waals surface area (Å²) in [4.78, 5) is 0. The summed E-state index contributed by atoms with van der Waals surface area (Å²) >= 11 is 8.50. The van der Waals surface area contributed by atoms with Crippen LogP contribution in [0.1, 0.15) is 0 Å². The van der Waals surface area contributed by atoms with Gasteiger partial charge in [-0.15, -0.1) is 0 Å². The first kappa shape index (κ1) is 33.8. The van der Waals surface area contributed by atoms with Gasteiger partial charge in [0.2, 0.25) is 0 Å². The van der Waals surface area contributed by atoms with Crippen molar-refractivity contribution in [3.8, 4) is 34.1 Å². The van der Waals surface area contributed by atoms with Crippen LogP contribution in [0.2, 0.25) is 0 Å². The van der Waals surface area contributed by atoms with Crippen molar-refractivity contribution in [1.29, 1.82) is 0 Å². The molecule has 0 aromatic heterocycles. The standard InChI is InChI=1S/C14H12BrFO2.C8H11BO4.C6H3BrFI/c1-17-9-6-7-13(18-2)10(8-9)14-11(15)4-3-5-12(14)16;1-12-6-3-4-8(13-2)7(5-6)9(10)11;7-4-2-1-3-5(8)6(4)9/h3-8H,1-2H3;3-5,10-11H,1-2H3;1-3H. The zero-order chi connectivity index (χ0) is 29.8. The Hall–Kier alpha value is -2.39. The molecular weight excluding hydrogens is 768 g/mol. The van der Waals surface area contributed by atoms with E-state index in [1.54, 1.807) is 62.8 Å². The molecule has 6 nitrogen and oxygen atoms in total. The Labute approximate surface area is 262 Å². The first-order chi connectivity index (χ1) is 19.1. The summed E-state index contributed by atoms with van der Waals surface area (Å²) in [7, 11) is 4.55. The van der Waals surface area contributed by atoms with Crippen molar-refractivity contribution in [3.63, 3.8) is 0 Å². The maximum Gasteiger partial charge on any atom is 0.492 e. The molecule has 4 aromatic carbocycles. The van der Waals surface area contributed by atoms with Gasteiger partial charge in [-0.3, -0.25) is 0 Å². The number of halogens is 5. The highest BCUT2D eigenvalue weighted by molar-refractivity contribution is 14.1. The van der Waals surface area contributed by atoms with Crippen molar-refractivity contribution in [3.05, 3.63) is 96.9 Å². The van der Waals surface area contributed by atoms with E-state index in [-0.39, 0.29) is 11.6 Å². The molecule has 12 heteroatoms. The van der Waals surface area contributed by atoms with E-state index in [2.05, 4.69) is 31.9 Å². The smallest absolute Gasteiger partial charge is 0.492 e. The highest BCUT2D eigenvalue weighted by atomic mass is 127. The molecule has 4 aromatic rings. The fraction of sp³-hybridized carbons (Fsp3) is 0.143. The summed E-state index contributed by atoms with van der Waals surface area (Å²) in [6, 6.07) is 19.9. The molecule has 0 aliphatic rings. The van der Waals surface area contributed by atoms with Crippen LogP contribution < -0.4 is 24.4 Å². The molecule has 0 aliphatic carbocycles. The lowest BCUT2D eigenvalue weighted by atomic mass is 9.79. The summed E-state index contributed by atoms with van der Waals surface area (Å²) in [5, 5.41) is 18.0. The Bertz CT molecular complexity index is 1370. The first-order valence-electron chi connectivity index (χ1n) is 11.4. The van der Waals surface area contributed by atoms with E-state index in [0.29, 0.717) is 47.6 Å². The topological polar surface area (TPSA) is 77.4 Å². The van der Waals surface area contributed by atoms with E-state index in [1.165, 1.54) is 32.4 Å². The lowest BCUT2D eigenvalue weighted by Crippen LogP contribution is -2.31. The van der Waals surface area contributed by atoms with Gasteiger partial charge in [-0.05, 0) is 99.2 Å². The molecule has 0 aliphatic heterocycles. The average Bonchev–Trinajstić information content (AvgIpc) is 2.96. The number of hydrogen-bond acceptors (Lipinski definition) is 6. The fourth-order valence-corrected chi connectivity index (χ4v) is 4.54. The summed E-state index contributed by atoms with van der Waals surface area (Å²) in [5.41, 5.74) is 1.41. The zero-order valence-electron chi connectivity index (χ0n) is 21.9. The zero-order valence-corrected chi connectivity index (χ0v) is 27.3. The third-order valence-electron chi connectivity index (χ3n) is 5.26. The van der Waals surface area contributed by atoms with Crippen LogP contribution in [0.15, 0.2) is 81.7 Å². The van der Waals surface area contributed by atoms with E-state index in [1.807, 2.05) is 28.7 Å². The molecular formula is C28H26BBr2F2IO6. The van der Waals surface area contributed by atoms with Crippen LogP contribution in [-0.4, -0.2) is 45.6 Å². The Balaban J connectivity index is 0.000000224. The maximum atomic E-state index is 14.0. The van der Waals surface area contributed by atoms with Crippen molar-refractivity contribution >= 4 is 67.0 Å². The van der Waals surface area contributed by atoms with Gasteiger partial charge in [0.15, 0.2) is 0 Å². The van der Waals surface area contributed by atoms with Crippen molar-refractivity contribution < 1.29 is 37.8 Å². The second kappa shape index (κ2) is 16.8. The monoisotopic (exact) mass is 792 g/mol. The van der Waals surface area contributed by atoms with Crippen LogP contribution >= 0.6 is 54.5 Å². The van der Waals surface area contributed by atoms with Crippen molar-refractivity contribution in [1.82, 2.24) is 0 Å². The highest BCUT2D eigenvalue weighted by Crippen LogP contribution is 2.38. The fourth-order valence-electron chi connectivity index (χ4n) is 3.28. The summed E-state index contributed by atoms with van der Waals surface area (Å²) in [6.45, 7) is 0. The lowest BCUT2D eigenvalue weighted by molar-refractivity contribution is 0.395. The molecule has 0 unspecified atom stereocenters. The minimum absolute atomic E-state index is 0.176. The van der Waals surface area contributed by atoms with Crippen LogP contribution in [0.3, 0.4) is 0 Å². The Morgan fingerprint density at radius 3 is 1.68 bits per heavy atom. The van der Waals surface area contributed by atoms with Gasteiger partial charge in [0, 0.05) is 25.5 Å². The third kappa shape index (κ3) is 9.33. The van der Waals surface area contributed by atoms with Gasteiger partial charge in [-0.1, -0.05) is 28.1 Å². The molecule has 0 atom stereocenters. The lowest BCUT2D eigenvalue weighted by Gasteiger charge is -2.12. The average molecular weight is 794 g/mol.